The Morgan fingerprint density at radius 2 is 1.92 bits per heavy atom. The molecule has 0 bridgehead atoms. The van der Waals surface area contributed by atoms with Crippen LogP contribution in [0.5, 0.6) is 0 Å². The van der Waals surface area contributed by atoms with Crippen LogP contribution >= 0.6 is 0 Å². The minimum atomic E-state index is -0.156. The molecule has 0 unspecified atom stereocenters. The summed E-state index contributed by atoms with van der Waals surface area (Å²) >= 11 is 0. The van der Waals surface area contributed by atoms with Crippen LogP contribution in [0, 0.1) is 13.8 Å². The number of carbonyl (C=O) groups excluding carboxylic acids is 1. The highest BCUT2D eigenvalue weighted by molar-refractivity contribution is 5.90. The predicted octanol–water partition coefficient (Wildman–Crippen LogP) is 2.45. The van der Waals surface area contributed by atoms with Crippen molar-refractivity contribution < 1.29 is 4.79 Å². The number of hydrogen-bond donors (Lipinski definition) is 0. The smallest absolute Gasteiger partial charge is 0.293 e. The molecule has 0 saturated heterocycles. The minimum Gasteiger partial charge on any atom is -0.336 e. The standard InChI is InChI=1S/C18H21N5O/c1-4-22(11-10-15-8-6-5-7-9-15)17(24)16-20-18-19-13(2)12-14(3)23(18)21-16/h5-9,12H,4,10-11H2,1-3H3. The van der Waals surface area contributed by atoms with Crippen LogP contribution in [-0.2, 0) is 6.42 Å². The van der Waals surface area contributed by atoms with Crippen molar-refractivity contribution in [2.75, 3.05) is 13.1 Å². The summed E-state index contributed by atoms with van der Waals surface area (Å²) in [4.78, 5) is 23.1. The number of carbonyl (C=O) groups is 1. The topological polar surface area (TPSA) is 63.4 Å². The molecule has 0 radical (unpaired) electrons. The Hall–Kier alpha value is -2.76. The van der Waals surface area contributed by atoms with E-state index < -0.39 is 0 Å². The molecule has 6 heteroatoms. The minimum absolute atomic E-state index is 0.156. The van der Waals surface area contributed by atoms with Crippen LogP contribution in [0.3, 0.4) is 0 Å². The molecule has 0 fully saturated rings. The molecule has 24 heavy (non-hydrogen) atoms. The first-order valence-electron chi connectivity index (χ1n) is 8.12. The van der Waals surface area contributed by atoms with Crippen LogP contribution in [0.4, 0.5) is 0 Å². The van der Waals surface area contributed by atoms with Crippen LogP contribution in [0.1, 0.15) is 34.5 Å². The molecule has 6 nitrogen and oxygen atoms in total. The first-order chi connectivity index (χ1) is 11.6. The van der Waals surface area contributed by atoms with Gasteiger partial charge in [-0.25, -0.2) is 9.50 Å². The lowest BCUT2D eigenvalue weighted by atomic mass is 10.1. The van der Waals surface area contributed by atoms with Gasteiger partial charge in [0.05, 0.1) is 0 Å². The molecule has 0 aliphatic heterocycles. The van der Waals surface area contributed by atoms with E-state index in [0.717, 1.165) is 17.8 Å². The van der Waals surface area contributed by atoms with Gasteiger partial charge >= 0.3 is 0 Å². The van der Waals surface area contributed by atoms with Gasteiger partial charge in [-0.2, -0.15) is 4.98 Å². The Bertz CT molecular complexity index is 856. The zero-order valence-corrected chi connectivity index (χ0v) is 14.2. The Labute approximate surface area is 141 Å². The number of likely N-dealkylation sites (N-methyl/N-ethyl adjacent to an activating group) is 1. The molecular weight excluding hydrogens is 302 g/mol. The van der Waals surface area contributed by atoms with Crippen molar-refractivity contribution in [1.29, 1.82) is 0 Å². The number of hydrogen-bond acceptors (Lipinski definition) is 4. The second-order valence-corrected chi connectivity index (χ2v) is 5.81. The number of fused-ring (bicyclic) bond motifs is 1. The Morgan fingerprint density at radius 1 is 1.17 bits per heavy atom. The largest absolute Gasteiger partial charge is 0.336 e. The van der Waals surface area contributed by atoms with E-state index in [1.807, 2.05) is 45.0 Å². The maximum Gasteiger partial charge on any atom is 0.293 e. The summed E-state index contributed by atoms with van der Waals surface area (Å²) in [6, 6.07) is 12.1. The van der Waals surface area contributed by atoms with Crippen LogP contribution in [0.25, 0.3) is 5.78 Å². The van der Waals surface area contributed by atoms with Crippen LogP contribution in [-0.4, -0.2) is 43.5 Å². The molecule has 0 N–H and O–H groups in total. The quantitative estimate of drug-likeness (QED) is 0.723. The summed E-state index contributed by atoms with van der Waals surface area (Å²) in [6.07, 6.45) is 0.810. The first-order valence-corrected chi connectivity index (χ1v) is 8.12. The van der Waals surface area contributed by atoms with Crippen molar-refractivity contribution in [2.45, 2.75) is 27.2 Å². The third kappa shape index (κ3) is 3.27. The van der Waals surface area contributed by atoms with Crippen LogP contribution in [0.15, 0.2) is 36.4 Å². The summed E-state index contributed by atoms with van der Waals surface area (Å²) < 4.78 is 1.62. The third-order valence-corrected chi connectivity index (χ3v) is 3.99. The predicted molar refractivity (Wildman–Crippen MR) is 92.0 cm³/mol. The van der Waals surface area contributed by atoms with Crippen molar-refractivity contribution in [2.24, 2.45) is 0 Å². The fourth-order valence-electron chi connectivity index (χ4n) is 2.71. The fourth-order valence-corrected chi connectivity index (χ4v) is 2.71. The van der Waals surface area contributed by atoms with Crippen molar-refractivity contribution in [3.05, 3.63) is 59.2 Å². The van der Waals surface area contributed by atoms with E-state index in [9.17, 15) is 4.79 Å². The van der Waals surface area contributed by atoms with Crippen molar-refractivity contribution in [1.82, 2.24) is 24.5 Å². The molecule has 0 atom stereocenters. The molecule has 0 spiro atoms. The lowest BCUT2D eigenvalue weighted by Crippen LogP contribution is -2.33. The lowest BCUT2D eigenvalue weighted by Gasteiger charge is -2.19. The molecule has 0 saturated carbocycles. The van der Waals surface area contributed by atoms with E-state index in [4.69, 9.17) is 0 Å². The molecule has 1 aromatic carbocycles. The Balaban J connectivity index is 1.79. The van der Waals surface area contributed by atoms with Gasteiger partial charge in [0.15, 0.2) is 0 Å². The van der Waals surface area contributed by atoms with Gasteiger partial charge in [0.1, 0.15) is 0 Å². The first kappa shape index (κ1) is 16.1. The number of rotatable bonds is 5. The van der Waals surface area contributed by atoms with Crippen LogP contribution in [0.2, 0.25) is 0 Å². The average Bonchev–Trinajstić information content (AvgIpc) is 3.00. The van der Waals surface area contributed by atoms with E-state index in [0.29, 0.717) is 18.9 Å². The molecule has 3 aromatic rings. The molecule has 3 rings (SSSR count). The summed E-state index contributed by atoms with van der Waals surface area (Å²) in [5.74, 6) is 0.511. The number of nitrogens with zero attached hydrogens (tertiary/aromatic N) is 5. The average molecular weight is 323 g/mol. The molecule has 124 valence electrons. The van der Waals surface area contributed by atoms with Crippen molar-refractivity contribution in [3.8, 4) is 0 Å². The van der Waals surface area contributed by atoms with Gasteiger partial charge in [-0.15, -0.1) is 5.10 Å². The second-order valence-electron chi connectivity index (χ2n) is 5.81. The van der Waals surface area contributed by atoms with Gasteiger partial charge < -0.3 is 4.90 Å². The summed E-state index contributed by atoms with van der Waals surface area (Å²) in [5.41, 5.74) is 2.99. The van der Waals surface area contributed by atoms with E-state index in [2.05, 4.69) is 27.2 Å². The zero-order valence-electron chi connectivity index (χ0n) is 14.2. The maximum absolute atomic E-state index is 12.7. The maximum atomic E-state index is 12.7. The van der Waals surface area contributed by atoms with Gasteiger partial charge in [-0.05, 0) is 38.8 Å². The Morgan fingerprint density at radius 3 is 2.62 bits per heavy atom. The summed E-state index contributed by atoms with van der Waals surface area (Å²) in [5, 5.41) is 4.33. The SMILES string of the molecule is CCN(CCc1ccccc1)C(=O)c1nc2nc(C)cc(C)n2n1. The highest BCUT2D eigenvalue weighted by atomic mass is 16.2. The second kappa shape index (κ2) is 6.78. The monoisotopic (exact) mass is 323 g/mol. The normalized spacial score (nSPS) is 11.0. The van der Waals surface area contributed by atoms with Crippen LogP contribution < -0.4 is 0 Å². The zero-order chi connectivity index (χ0) is 17.1. The Kier molecular flexibility index (Phi) is 4.55. The number of aryl methyl sites for hydroxylation is 2. The molecule has 2 aromatic heterocycles. The summed E-state index contributed by atoms with van der Waals surface area (Å²) in [6.45, 7) is 7.05. The van der Waals surface area contributed by atoms with E-state index in [1.165, 1.54) is 5.56 Å². The highest BCUT2D eigenvalue weighted by Crippen LogP contribution is 2.08. The number of aromatic nitrogens is 4. The highest BCUT2D eigenvalue weighted by Gasteiger charge is 2.20. The van der Waals surface area contributed by atoms with Crippen molar-refractivity contribution >= 4 is 11.7 Å². The van der Waals surface area contributed by atoms with E-state index in [-0.39, 0.29) is 11.7 Å². The molecule has 0 aliphatic carbocycles. The number of benzene rings is 1. The fraction of sp³-hybridized carbons (Fsp3) is 0.333. The van der Waals surface area contributed by atoms with Crippen molar-refractivity contribution in [3.63, 3.8) is 0 Å². The van der Waals surface area contributed by atoms with Gasteiger partial charge in [-0.3, -0.25) is 4.79 Å². The van der Waals surface area contributed by atoms with E-state index in [1.54, 1.807) is 9.42 Å². The van der Waals surface area contributed by atoms with Gasteiger partial charge in [0.2, 0.25) is 5.82 Å². The molecule has 2 heterocycles. The lowest BCUT2D eigenvalue weighted by molar-refractivity contribution is 0.0754. The van der Waals surface area contributed by atoms with Gasteiger partial charge in [0, 0.05) is 24.5 Å². The van der Waals surface area contributed by atoms with Gasteiger partial charge in [0.25, 0.3) is 11.7 Å². The molecule has 0 aliphatic rings. The summed E-state index contributed by atoms with van der Waals surface area (Å²) in [7, 11) is 0. The van der Waals surface area contributed by atoms with Gasteiger partial charge in [-0.1, -0.05) is 30.3 Å². The third-order valence-electron chi connectivity index (χ3n) is 3.99. The van der Waals surface area contributed by atoms with E-state index >= 15 is 0 Å². The number of amides is 1. The molecule has 1 amide bonds. The molecular formula is C18H21N5O.